The Morgan fingerprint density at radius 1 is 1.50 bits per heavy atom. The average molecular weight is 337 g/mol. The lowest BCUT2D eigenvalue weighted by Crippen LogP contribution is -2.44. The standard InChI is InChI=1S/C12H20INO2/c1-2-5-14-6-3-12(4-7-14)8-11(15)16-10(12)9-13/h10H,2-9H2,1H3. The van der Waals surface area contributed by atoms with Crippen LogP contribution in [0.4, 0.5) is 0 Å². The minimum absolute atomic E-state index is 0.0191. The number of esters is 1. The number of alkyl halides is 1. The van der Waals surface area contributed by atoms with Crippen LogP contribution in [0.25, 0.3) is 0 Å². The zero-order valence-corrected chi connectivity index (χ0v) is 12.0. The number of carbonyl (C=O) groups excluding carboxylic acids is 1. The second-order valence-corrected chi connectivity index (χ2v) is 5.89. The maximum Gasteiger partial charge on any atom is 0.306 e. The molecule has 1 atom stereocenters. The van der Waals surface area contributed by atoms with Gasteiger partial charge in [0.2, 0.25) is 0 Å². The van der Waals surface area contributed by atoms with Crippen molar-refractivity contribution in [2.75, 3.05) is 24.1 Å². The number of piperidine rings is 1. The number of nitrogens with zero attached hydrogens (tertiary/aromatic N) is 1. The number of hydrogen-bond acceptors (Lipinski definition) is 3. The maximum atomic E-state index is 11.5. The molecule has 0 N–H and O–H groups in total. The fraction of sp³-hybridized carbons (Fsp3) is 0.917. The smallest absolute Gasteiger partial charge is 0.306 e. The fourth-order valence-electron chi connectivity index (χ4n) is 2.96. The lowest BCUT2D eigenvalue weighted by Gasteiger charge is -2.40. The van der Waals surface area contributed by atoms with Crippen molar-refractivity contribution in [1.82, 2.24) is 4.90 Å². The van der Waals surface area contributed by atoms with Gasteiger partial charge >= 0.3 is 5.97 Å². The highest BCUT2D eigenvalue weighted by Crippen LogP contribution is 2.45. The van der Waals surface area contributed by atoms with Crippen LogP contribution >= 0.6 is 22.6 Å². The zero-order valence-electron chi connectivity index (χ0n) is 9.88. The number of cyclic esters (lactones) is 1. The Morgan fingerprint density at radius 2 is 2.19 bits per heavy atom. The van der Waals surface area contributed by atoms with Crippen LogP contribution in [0, 0.1) is 5.41 Å². The topological polar surface area (TPSA) is 29.5 Å². The van der Waals surface area contributed by atoms with E-state index < -0.39 is 0 Å². The van der Waals surface area contributed by atoms with Crippen LogP contribution in [0.15, 0.2) is 0 Å². The summed E-state index contributed by atoms with van der Waals surface area (Å²) in [7, 11) is 0. The Bertz CT molecular complexity index is 262. The molecule has 92 valence electrons. The van der Waals surface area contributed by atoms with E-state index >= 15 is 0 Å². The Kier molecular flexibility index (Phi) is 4.11. The van der Waals surface area contributed by atoms with E-state index in [0.717, 1.165) is 30.4 Å². The molecule has 0 bridgehead atoms. The number of likely N-dealkylation sites (tertiary alicyclic amines) is 1. The van der Waals surface area contributed by atoms with Crippen molar-refractivity contribution >= 4 is 28.6 Å². The minimum Gasteiger partial charge on any atom is -0.461 e. The molecule has 2 rings (SSSR count). The zero-order chi connectivity index (χ0) is 11.6. The molecular weight excluding hydrogens is 317 g/mol. The van der Waals surface area contributed by atoms with Crippen LogP contribution in [0.2, 0.25) is 0 Å². The molecular formula is C12H20INO2. The Balaban J connectivity index is 1.97. The third-order valence-corrected chi connectivity index (χ3v) is 4.78. The third-order valence-electron chi connectivity index (χ3n) is 3.98. The van der Waals surface area contributed by atoms with E-state index in [0.29, 0.717) is 6.42 Å². The quantitative estimate of drug-likeness (QED) is 0.449. The van der Waals surface area contributed by atoms with E-state index in [1.807, 2.05) is 0 Å². The van der Waals surface area contributed by atoms with E-state index in [4.69, 9.17) is 4.74 Å². The molecule has 3 nitrogen and oxygen atoms in total. The molecule has 0 amide bonds. The molecule has 0 radical (unpaired) electrons. The maximum absolute atomic E-state index is 11.5. The highest BCUT2D eigenvalue weighted by molar-refractivity contribution is 14.1. The highest BCUT2D eigenvalue weighted by atomic mass is 127. The van der Waals surface area contributed by atoms with E-state index in [2.05, 4.69) is 34.4 Å². The summed E-state index contributed by atoms with van der Waals surface area (Å²) in [5, 5.41) is 0. The fourth-order valence-corrected chi connectivity index (χ4v) is 4.07. The normalized spacial score (nSPS) is 29.6. The van der Waals surface area contributed by atoms with Gasteiger partial charge in [-0.05, 0) is 38.9 Å². The molecule has 1 spiro atoms. The second-order valence-electron chi connectivity index (χ2n) is 5.01. The molecule has 2 fully saturated rings. The SMILES string of the molecule is CCCN1CCC2(CC1)CC(=O)OC2CI. The van der Waals surface area contributed by atoms with Crippen molar-refractivity contribution < 1.29 is 9.53 Å². The Hall–Kier alpha value is 0.160. The van der Waals surface area contributed by atoms with Gasteiger partial charge in [-0.15, -0.1) is 0 Å². The summed E-state index contributed by atoms with van der Waals surface area (Å²) < 4.78 is 6.38. The molecule has 0 aliphatic carbocycles. The largest absolute Gasteiger partial charge is 0.461 e. The second kappa shape index (κ2) is 5.21. The van der Waals surface area contributed by atoms with Gasteiger partial charge in [-0.2, -0.15) is 0 Å². The van der Waals surface area contributed by atoms with Gasteiger partial charge in [0, 0.05) is 9.84 Å². The molecule has 16 heavy (non-hydrogen) atoms. The molecule has 0 aromatic carbocycles. The van der Waals surface area contributed by atoms with Crippen LogP contribution in [0.3, 0.4) is 0 Å². The van der Waals surface area contributed by atoms with E-state index in [-0.39, 0.29) is 17.5 Å². The van der Waals surface area contributed by atoms with Gasteiger partial charge in [0.25, 0.3) is 0 Å². The van der Waals surface area contributed by atoms with Crippen molar-refractivity contribution in [1.29, 1.82) is 0 Å². The summed E-state index contributed by atoms with van der Waals surface area (Å²) in [6, 6.07) is 0. The molecule has 2 heterocycles. The number of rotatable bonds is 3. The molecule has 2 saturated heterocycles. The highest BCUT2D eigenvalue weighted by Gasteiger charge is 2.49. The predicted molar refractivity (Wildman–Crippen MR) is 71.8 cm³/mol. The third kappa shape index (κ3) is 2.37. The summed E-state index contributed by atoms with van der Waals surface area (Å²) >= 11 is 2.34. The van der Waals surface area contributed by atoms with Gasteiger partial charge in [-0.25, -0.2) is 0 Å². The van der Waals surface area contributed by atoms with Crippen LogP contribution in [0.1, 0.15) is 32.6 Å². The van der Waals surface area contributed by atoms with Crippen LogP contribution in [-0.2, 0) is 9.53 Å². The number of halogens is 1. The molecule has 4 heteroatoms. The van der Waals surface area contributed by atoms with Gasteiger partial charge in [0.1, 0.15) is 6.10 Å². The van der Waals surface area contributed by atoms with E-state index in [1.54, 1.807) is 0 Å². The number of ether oxygens (including phenoxy) is 1. The van der Waals surface area contributed by atoms with Gasteiger partial charge in [0.05, 0.1) is 6.42 Å². The monoisotopic (exact) mass is 337 g/mol. The first kappa shape index (κ1) is 12.6. The molecule has 0 aromatic rings. The van der Waals surface area contributed by atoms with Gasteiger partial charge in [-0.1, -0.05) is 29.5 Å². The van der Waals surface area contributed by atoms with Crippen LogP contribution < -0.4 is 0 Å². The first-order valence-corrected chi connectivity index (χ1v) is 7.70. The summed E-state index contributed by atoms with van der Waals surface area (Å²) in [6.07, 6.45) is 4.31. The first-order valence-electron chi connectivity index (χ1n) is 6.18. The predicted octanol–water partition coefficient (Wildman–Crippen LogP) is 2.23. The van der Waals surface area contributed by atoms with Gasteiger partial charge in [0.15, 0.2) is 0 Å². The lowest BCUT2D eigenvalue weighted by molar-refractivity contribution is -0.140. The summed E-state index contributed by atoms with van der Waals surface area (Å²) in [5.41, 5.74) is 0.169. The molecule has 1 unspecified atom stereocenters. The number of hydrogen-bond donors (Lipinski definition) is 0. The Morgan fingerprint density at radius 3 is 2.75 bits per heavy atom. The van der Waals surface area contributed by atoms with Crippen molar-refractivity contribution in [2.45, 2.75) is 38.7 Å². The Labute approximate surface area is 111 Å². The minimum atomic E-state index is 0.0191. The molecule has 2 aliphatic heterocycles. The summed E-state index contributed by atoms with van der Waals surface area (Å²) in [6.45, 7) is 5.69. The van der Waals surface area contributed by atoms with E-state index in [9.17, 15) is 4.79 Å². The molecule has 2 aliphatic rings. The first-order chi connectivity index (χ1) is 7.70. The van der Waals surface area contributed by atoms with Crippen molar-refractivity contribution in [2.24, 2.45) is 5.41 Å². The van der Waals surface area contributed by atoms with Crippen LogP contribution in [0.5, 0.6) is 0 Å². The molecule has 0 aromatic heterocycles. The summed E-state index contributed by atoms with van der Waals surface area (Å²) in [4.78, 5) is 14.0. The van der Waals surface area contributed by atoms with Crippen molar-refractivity contribution in [3.8, 4) is 0 Å². The van der Waals surface area contributed by atoms with Gasteiger partial charge in [-0.3, -0.25) is 4.79 Å². The average Bonchev–Trinajstić information content (AvgIpc) is 2.59. The van der Waals surface area contributed by atoms with Gasteiger partial charge < -0.3 is 9.64 Å². The summed E-state index contributed by atoms with van der Waals surface area (Å²) in [5.74, 6) is 0.0191. The van der Waals surface area contributed by atoms with Crippen molar-refractivity contribution in [3.05, 3.63) is 0 Å². The van der Waals surface area contributed by atoms with E-state index in [1.165, 1.54) is 13.0 Å². The lowest BCUT2D eigenvalue weighted by atomic mass is 9.73. The number of carbonyl (C=O) groups is 1. The van der Waals surface area contributed by atoms with Crippen LogP contribution in [-0.4, -0.2) is 41.0 Å². The molecule has 0 saturated carbocycles. The van der Waals surface area contributed by atoms with Crippen molar-refractivity contribution in [3.63, 3.8) is 0 Å².